The van der Waals surface area contributed by atoms with E-state index in [0.717, 1.165) is 36.4 Å². The van der Waals surface area contributed by atoms with E-state index in [1.165, 1.54) is 0 Å². The summed E-state index contributed by atoms with van der Waals surface area (Å²) in [6, 6.07) is 13.3. The number of ether oxygens (including phenoxy) is 1. The molecule has 0 saturated carbocycles. The molecule has 1 fully saturated rings. The molecule has 8 heteroatoms. The van der Waals surface area contributed by atoms with Gasteiger partial charge in [-0.15, -0.1) is 11.3 Å². The van der Waals surface area contributed by atoms with Crippen molar-refractivity contribution in [3.63, 3.8) is 0 Å². The Kier molecular flexibility index (Phi) is 6.50. The van der Waals surface area contributed by atoms with Gasteiger partial charge in [0.05, 0.1) is 13.2 Å². The van der Waals surface area contributed by atoms with Gasteiger partial charge in [-0.2, -0.15) is 4.98 Å². The maximum absolute atomic E-state index is 13.1. The summed E-state index contributed by atoms with van der Waals surface area (Å²) >= 11 is 7.68. The minimum Gasteiger partial charge on any atom is -0.481 e. The van der Waals surface area contributed by atoms with Crippen LogP contribution in [0.1, 0.15) is 29.3 Å². The molecule has 1 atom stereocenters. The first-order valence-corrected chi connectivity index (χ1v) is 11.1. The third-order valence-electron chi connectivity index (χ3n) is 5.29. The summed E-state index contributed by atoms with van der Waals surface area (Å²) in [4.78, 5) is 25.0. The van der Waals surface area contributed by atoms with Crippen LogP contribution in [0.4, 0.5) is 5.95 Å². The predicted octanol–water partition coefficient (Wildman–Crippen LogP) is 4.32. The van der Waals surface area contributed by atoms with Gasteiger partial charge in [-0.05, 0) is 42.0 Å². The predicted molar refractivity (Wildman–Crippen MR) is 119 cm³/mol. The molecule has 3 aromatic rings. The number of amides is 1. The van der Waals surface area contributed by atoms with E-state index in [2.05, 4.69) is 20.2 Å². The molecule has 0 radical (unpaired) electrons. The lowest BCUT2D eigenvalue weighted by molar-refractivity contribution is -0.126. The average Bonchev–Trinajstić information content (AvgIpc) is 3.33. The standard InChI is InChI=1S/C22H23ClN4O2S/c1-29-19-8-11-24-22(25-19)27-12-9-16(10-13-27)21(28)26-20(18-3-2-14-30-18)15-4-6-17(23)7-5-15/h2-8,11,14,16,20H,9-10,12-13H2,1H3,(H,26,28). The van der Waals surface area contributed by atoms with Gasteiger partial charge in [0.2, 0.25) is 17.7 Å². The third kappa shape index (κ3) is 4.74. The molecule has 4 rings (SSSR count). The third-order valence-corrected chi connectivity index (χ3v) is 6.48. The highest BCUT2D eigenvalue weighted by Gasteiger charge is 2.28. The van der Waals surface area contributed by atoms with Gasteiger partial charge < -0.3 is 15.0 Å². The van der Waals surface area contributed by atoms with Crippen LogP contribution in [0.2, 0.25) is 5.02 Å². The van der Waals surface area contributed by atoms with E-state index in [9.17, 15) is 4.79 Å². The van der Waals surface area contributed by atoms with Crippen molar-refractivity contribution in [1.29, 1.82) is 0 Å². The number of aromatic nitrogens is 2. The second kappa shape index (κ2) is 9.45. The molecule has 2 aromatic heterocycles. The minimum atomic E-state index is -0.172. The van der Waals surface area contributed by atoms with Gasteiger partial charge in [-0.3, -0.25) is 4.79 Å². The number of piperidine rings is 1. The summed E-state index contributed by atoms with van der Waals surface area (Å²) in [5.41, 5.74) is 1.03. The van der Waals surface area contributed by atoms with E-state index < -0.39 is 0 Å². The van der Waals surface area contributed by atoms with Gasteiger partial charge in [0.1, 0.15) is 0 Å². The zero-order valence-electron chi connectivity index (χ0n) is 16.6. The van der Waals surface area contributed by atoms with Crippen molar-refractivity contribution < 1.29 is 9.53 Å². The first-order chi connectivity index (χ1) is 14.6. The summed E-state index contributed by atoms with van der Waals surface area (Å²) in [6.07, 6.45) is 3.20. The highest BCUT2D eigenvalue weighted by Crippen LogP contribution is 2.29. The van der Waals surface area contributed by atoms with Crippen molar-refractivity contribution in [3.8, 4) is 5.88 Å². The van der Waals surface area contributed by atoms with Gasteiger partial charge >= 0.3 is 0 Å². The number of hydrogen-bond acceptors (Lipinski definition) is 6. The number of anilines is 1. The number of nitrogens with zero attached hydrogens (tertiary/aromatic N) is 3. The zero-order valence-corrected chi connectivity index (χ0v) is 18.2. The normalized spacial score (nSPS) is 15.6. The molecule has 0 aliphatic carbocycles. The number of halogens is 1. The number of rotatable bonds is 6. The minimum absolute atomic E-state index is 0.0402. The fraction of sp³-hybridized carbons (Fsp3) is 0.318. The Morgan fingerprint density at radius 1 is 1.23 bits per heavy atom. The Hall–Kier alpha value is -2.64. The lowest BCUT2D eigenvalue weighted by Crippen LogP contribution is -2.42. The van der Waals surface area contributed by atoms with E-state index in [1.54, 1.807) is 30.7 Å². The summed E-state index contributed by atoms with van der Waals surface area (Å²) in [7, 11) is 1.59. The molecule has 1 aliphatic heterocycles. The highest BCUT2D eigenvalue weighted by atomic mass is 35.5. The first kappa shape index (κ1) is 20.6. The molecule has 0 bridgehead atoms. The zero-order chi connectivity index (χ0) is 20.9. The SMILES string of the molecule is COc1ccnc(N2CCC(C(=O)NC(c3ccc(Cl)cc3)c3cccs3)CC2)n1. The molecule has 30 heavy (non-hydrogen) atoms. The van der Waals surface area contributed by atoms with Gasteiger partial charge in [0.15, 0.2) is 0 Å². The quantitative estimate of drug-likeness (QED) is 0.615. The van der Waals surface area contributed by atoms with Crippen molar-refractivity contribution in [2.45, 2.75) is 18.9 Å². The topological polar surface area (TPSA) is 67.3 Å². The number of carbonyl (C=O) groups is 1. The molecule has 1 saturated heterocycles. The maximum atomic E-state index is 13.1. The molecule has 3 heterocycles. The molecule has 1 unspecified atom stereocenters. The summed E-state index contributed by atoms with van der Waals surface area (Å²) in [6.45, 7) is 1.46. The van der Waals surface area contributed by atoms with Gasteiger partial charge in [0, 0.05) is 41.2 Å². The van der Waals surface area contributed by atoms with Crippen molar-refractivity contribution in [3.05, 3.63) is 69.5 Å². The van der Waals surface area contributed by atoms with Crippen molar-refractivity contribution in [1.82, 2.24) is 15.3 Å². The first-order valence-electron chi connectivity index (χ1n) is 9.85. The number of thiophene rings is 1. The van der Waals surface area contributed by atoms with E-state index in [-0.39, 0.29) is 17.9 Å². The number of benzene rings is 1. The van der Waals surface area contributed by atoms with Crippen LogP contribution in [-0.4, -0.2) is 36.1 Å². The summed E-state index contributed by atoms with van der Waals surface area (Å²) in [5, 5.41) is 5.96. The summed E-state index contributed by atoms with van der Waals surface area (Å²) < 4.78 is 5.18. The van der Waals surface area contributed by atoms with E-state index in [4.69, 9.17) is 16.3 Å². The molecule has 156 valence electrons. The second-order valence-electron chi connectivity index (χ2n) is 7.17. The van der Waals surface area contributed by atoms with Crippen molar-refractivity contribution in [2.24, 2.45) is 5.92 Å². The number of methoxy groups -OCH3 is 1. The Labute approximate surface area is 184 Å². The second-order valence-corrected chi connectivity index (χ2v) is 8.58. The Balaban J connectivity index is 1.42. The van der Waals surface area contributed by atoms with Crippen LogP contribution in [0.25, 0.3) is 0 Å². The molecule has 1 aromatic carbocycles. The molecule has 6 nitrogen and oxygen atoms in total. The van der Waals surface area contributed by atoms with Crippen LogP contribution in [0.3, 0.4) is 0 Å². The molecule has 1 N–H and O–H groups in total. The number of carbonyl (C=O) groups excluding carboxylic acids is 1. The van der Waals surface area contributed by atoms with E-state index in [1.807, 2.05) is 41.8 Å². The average molecular weight is 443 g/mol. The Morgan fingerprint density at radius 3 is 2.67 bits per heavy atom. The Bertz CT molecular complexity index is 973. The van der Waals surface area contributed by atoms with Crippen LogP contribution in [0.15, 0.2) is 54.0 Å². The number of hydrogen-bond donors (Lipinski definition) is 1. The molecule has 1 amide bonds. The monoisotopic (exact) mass is 442 g/mol. The smallest absolute Gasteiger partial charge is 0.228 e. The fourth-order valence-corrected chi connectivity index (χ4v) is 4.56. The lowest BCUT2D eigenvalue weighted by atomic mass is 9.95. The fourth-order valence-electron chi connectivity index (χ4n) is 3.63. The largest absolute Gasteiger partial charge is 0.481 e. The van der Waals surface area contributed by atoms with Gasteiger partial charge in [-0.1, -0.05) is 29.8 Å². The van der Waals surface area contributed by atoms with Gasteiger partial charge in [0.25, 0.3) is 0 Å². The van der Waals surface area contributed by atoms with E-state index in [0.29, 0.717) is 16.9 Å². The van der Waals surface area contributed by atoms with Crippen LogP contribution in [-0.2, 0) is 4.79 Å². The van der Waals surface area contributed by atoms with Gasteiger partial charge in [-0.25, -0.2) is 4.98 Å². The summed E-state index contributed by atoms with van der Waals surface area (Å²) in [5.74, 6) is 1.23. The van der Waals surface area contributed by atoms with Crippen LogP contribution in [0, 0.1) is 5.92 Å². The molecule has 1 aliphatic rings. The van der Waals surface area contributed by atoms with Crippen molar-refractivity contribution in [2.75, 3.05) is 25.1 Å². The molecular weight excluding hydrogens is 420 g/mol. The Morgan fingerprint density at radius 2 is 2.00 bits per heavy atom. The molecular formula is C22H23ClN4O2S. The van der Waals surface area contributed by atoms with E-state index >= 15 is 0 Å². The molecule has 0 spiro atoms. The van der Waals surface area contributed by atoms with Crippen LogP contribution >= 0.6 is 22.9 Å². The highest BCUT2D eigenvalue weighted by molar-refractivity contribution is 7.10. The number of nitrogens with one attached hydrogen (secondary N) is 1. The van der Waals surface area contributed by atoms with Crippen molar-refractivity contribution >= 4 is 34.8 Å². The van der Waals surface area contributed by atoms with Crippen LogP contribution < -0.4 is 15.0 Å². The lowest BCUT2D eigenvalue weighted by Gasteiger charge is -2.32. The maximum Gasteiger partial charge on any atom is 0.228 e. The van der Waals surface area contributed by atoms with Crippen LogP contribution in [0.5, 0.6) is 5.88 Å².